The van der Waals surface area contributed by atoms with Crippen molar-refractivity contribution in [3.63, 3.8) is 0 Å². The van der Waals surface area contributed by atoms with Crippen molar-refractivity contribution in [1.82, 2.24) is 10.2 Å². The molecule has 1 rings (SSSR count). The molecule has 0 aromatic heterocycles. The van der Waals surface area contributed by atoms with Crippen LogP contribution in [-0.2, 0) is 0 Å². The maximum atomic E-state index is 11.6. The van der Waals surface area contributed by atoms with Gasteiger partial charge in [-0.15, -0.1) is 11.6 Å². The molecule has 2 amide bonds. The van der Waals surface area contributed by atoms with E-state index < -0.39 is 0 Å². The number of likely N-dealkylation sites (tertiary alicyclic amines) is 1. The highest BCUT2D eigenvalue weighted by Gasteiger charge is 2.17. The number of hydrogen-bond donors (Lipinski definition) is 1. The van der Waals surface area contributed by atoms with Crippen LogP contribution in [0.4, 0.5) is 4.79 Å². The molecule has 1 aliphatic heterocycles. The molecule has 0 aromatic carbocycles. The summed E-state index contributed by atoms with van der Waals surface area (Å²) < 4.78 is 0. The number of nitrogens with zero attached hydrogens (tertiary/aromatic N) is 1. The second-order valence-corrected chi connectivity index (χ2v) is 4.32. The topological polar surface area (TPSA) is 32.3 Å². The predicted octanol–water partition coefficient (Wildman–Crippen LogP) is 2.06. The summed E-state index contributed by atoms with van der Waals surface area (Å²) in [7, 11) is 0. The summed E-state index contributed by atoms with van der Waals surface area (Å²) in [5.74, 6) is 1.23. The smallest absolute Gasteiger partial charge is 0.317 e. The van der Waals surface area contributed by atoms with Crippen molar-refractivity contribution >= 4 is 17.6 Å². The van der Waals surface area contributed by atoms with Crippen molar-refractivity contribution in [3.8, 4) is 0 Å². The molecule has 4 heteroatoms. The summed E-state index contributed by atoms with van der Waals surface area (Å²) >= 11 is 5.51. The van der Waals surface area contributed by atoms with E-state index in [2.05, 4.69) is 12.2 Å². The second-order valence-electron chi connectivity index (χ2n) is 3.94. The van der Waals surface area contributed by atoms with Crippen molar-refractivity contribution in [2.24, 2.45) is 5.92 Å². The number of urea groups is 1. The highest BCUT2D eigenvalue weighted by atomic mass is 35.5. The van der Waals surface area contributed by atoms with Crippen molar-refractivity contribution in [1.29, 1.82) is 0 Å². The second kappa shape index (κ2) is 6.12. The molecular formula is C10H19ClN2O. The molecule has 14 heavy (non-hydrogen) atoms. The number of hydrogen-bond acceptors (Lipinski definition) is 1. The van der Waals surface area contributed by atoms with Gasteiger partial charge in [0.05, 0.1) is 0 Å². The molecular weight excluding hydrogens is 200 g/mol. The van der Waals surface area contributed by atoms with Crippen LogP contribution >= 0.6 is 11.6 Å². The van der Waals surface area contributed by atoms with E-state index >= 15 is 0 Å². The van der Waals surface area contributed by atoms with Crippen LogP contribution < -0.4 is 5.32 Å². The van der Waals surface area contributed by atoms with Gasteiger partial charge in [-0.3, -0.25) is 0 Å². The first-order chi connectivity index (χ1) is 6.74. The maximum Gasteiger partial charge on any atom is 0.317 e. The van der Waals surface area contributed by atoms with E-state index in [1.165, 1.54) is 6.42 Å². The largest absolute Gasteiger partial charge is 0.337 e. The average Bonchev–Trinajstić information content (AvgIpc) is 2.39. The lowest BCUT2D eigenvalue weighted by Gasteiger charge is -2.20. The zero-order valence-electron chi connectivity index (χ0n) is 8.76. The summed E-state index contributed by atoms with van der Waals surface area (Å²) in [4.78, 5) is 13.5. The Balaban J connectivity index is 2.31. The Hall–Kier alpha value is -0.440. The highest BCUT2D eigenvalue weighted by Crippen LogP contribution is 2.16. The molecule has 1 heterocycles. The van der Waals surface area contributed by atoms with Gasteiger partial charge < -0.3 is 10.2 Å². The third-order valence-corrected chi connectivity index (χ3v) is 2.86. The van der Waals surface area contributed by atoms with E-state index in [-0.39, 0.29) is 6.03 Å². The van der Waals surface area contributed by atoms with E-state index in [1.54, 1.807) is 0 Å². The normalized spacial score (nSPS) is 23.0. The fourth-order valence-electron chi connectivity index (χ4n) is 1.73. The highest BCUT2D eigenvalue weighted by molar-refractivity contribution is 6.18. The SMILES string of the molecule is CC1CCCN(C(=O)NCCCl)CC1. The molecule has 1 aliphatic rings. The van der Waals surface area contributed by atoms with Gasteiger partial charge in [0.1, 0.15) is 0 Å². The number of carbonyl (C=O) groups excluding carboxylic acids is 1. The summed E-state index contributed by atoms with van der Waals surface area (Å²) in [6.07, 6.45) is 3.48. The first-order valence-corrected chi connectivity index (χ1v) is 5.86. The Morgan fingerprint density at radius 3 is 3.00 bits per heavy atom. The lowest BCUT2D eigenvalue weighted by atomic mass is 10.0. The number of rotatable bonds is 2. The van der Waals surface area contributed by atoms with Crippen molar-refractivity contribution in [3.05, 3.63) is 0 Å². The van der Waals surface area contributed by atoms with Crippen LogP contribution in [0.15, 0.2) is 0 Å². The van der Waals surface area contributed by atoms with E-state index in [0.29, 0.717) is 12.4 Å². The fraction of sp³-hybridized carbons (Fsp3) is 0.900. The molecule has 1 atom stereocenters. The minimum absolute atomic E-state index is 0.0414. The van der Waals surface area contributed by atoms with Crippen LogP contribution in [0.3, 0.4) is 0 Å². The fourth-order valence-corrected chi connectivity index (χ4v) is 1.83. The van der Waals surface area contributed by atoms with E-state index in [1.807, 2.05) is 4.90 Å². The lowest BCUT2D eigenvalue weighted by molar-refractivity contribution is 0.200. The van der Waals surface area contributed by atoms with Gasteiger partial charge in [0.15, 0.2) is 0 Å². The summed E-state index contributed by atoms with van der Waals surface area (Å²) in [5.41, 5.74) is 0. The van der Waals surface area contributed by atoms with Gasteiger partial charge in [-0.05, 0) is 25.2 Å². The van der Waals surface area contributed by atoms with E-state index in [4.69, 9.17) is 11.6 Å². The van der Waals surface area contributed by atoms with Gasteiger partial charge in [0.2, 0.25) is 0 Å². The zero-order valence-corrected chi connectivity index (χ0v) is 9.52. The number of halogens is 1. The molecule has 1 unspecified atom stereocenters. The standard InChI is InChI=1S/C10H19ClN2O/c1-9-3-2-7-13(8-4-9)10(14)12-6-5-11/h9H,2-8H2,1H3,(H,12,14). The van der Waals surface area contributed by atoms with Crippen LogP contribution in [-0.4, -0.2) is 36.4 Å². The monoisotopic (exact) mass is 218 g/mol. The number of nitrogens with one attached hydrogen (secondary N) is 1. The van der Waals surface area contributed by atoms with Gasteiger partial charge in [0, 0.05) is 25.5 Å². The zero-order chi connectivity index (χ0) is 10.4. The van der Waals surface area contributed by atoms with Crippen LogP contribution in [0.2, 0.25) is 0 Å². The third kappa shape index (κ3) is 3.74. The maximum absolute atomic E-state index is 11.6. The molecule has 1 N–H and O–H groups in total. The quantitative estimate of drug-likeness (QED) is 0.707. The van der Waals surface area contributed by atoms with Crippen LogP contribution in [0.25, 0.3) is 0 Å². The van der Waals surface area contributed by atoms with Crippen LogP contribution in [0.1, 0.15) is 26.2 Å². The molecule has 3 nitrogen and oxygen atoms in total. The van der Waals surface area contributed by atoms with Gasteiger partial charge in [-0.1, -0.05) is 6.92 Å². The Labute approximate surface area is 90.8 Å². The Morgan fingerprint density at radius 2 is 2.29 bits per heavy atom. The molecule has 0 saturated carbocycles. The first-order valence-electron chi connectivity index (χ1n) is 5.32. The van der Waals surface area contributed by atoms with E-state index in [9.17, 15) is 4.79 Å². The molecule has 0 aromatic rings. The summed E-state index contributed by atoms with van der Waals surface area (Å²) in [6, 6.07) is 0.0414. The number of alkyl halides is 1. The van der Waals surface area contributed by atoms with Gasteiger partial charge in [-0.2, -0.15) is 0 Å². The Morgan fingerprint density at radius 1 is 1.50 bits per heavy atom. The summed E-state index contributed by atoms with van der Waals surface area (Å²) in [6.45, 7) is 4.58. The van der Waals surface area contributed by atoms with Crippen molar-refractivity contribution in [2.75, 3.05) is 25.5 Å². The number of amides is 2. The molecule has 82 valence electrons. The van der Waals surface area contributed by atoms with Crippen LogP contribution in [0, 0.1) is 5.92 Å². The minimum atomic E-state index is 0.0414. The Bertz CT molecular complexity index is 187. The third-order valence-electron chi connectivity index (χ3n) is 2.67. The molecule has 0 radical (unpaired) electrons. The summed E-state index contributed by atoms with van der Waals surface area (Å²) in [5, 5.41) is 2.80. The van der Waals surface area contributed by atoms with Crippen molar-refractivity contribution in [2.45, 2.75) is 26.2 Å². The molecule has 0 aliphatic carbocycles. The van der Waals surface area contributed by atoms with Gasteiger partial charge >= 0.3 is 6.03 Å². The molecule has 0 spiro atoms. The predicted molar refractivity (Wildman–Crippen MR) is 58.7 cm³/mol. The molecule has 0 bridgehead atoms. The van der Waals surface area contributed by atoms with Crippen LogP contribution in [0.5, 0.6) is 0 Å². The minimum Gasteiger partial charge on any atom is -0.337 e. The molecule has 1 saturated heterocycles. The first kappa shape index (κ1) is 11.6. The average molecular weight is 219 g/mol. The van der Waals surface area contributed by atoms with Gasteiger partial charge in [0.25, 0.3) is 0 Å². The molecule has 1 fully saturated rings. The number of carbonyl (C=O) groups is 1. The van der Waals surface area contributed by atoms with Crippen molar-refractivity contribution < 1.29 is 4.79 Å². The lowest BCUT2D eigenvalue weighted by Crippen LogP contribution is -2.41. The Kier molecular flexibility index (Phi) is 5.09. The van der Waals surface area contributed by atoms with Gasteiger partial charge in [-0.25, -0.2) is 4.79 Å². The van der Waals surface area contributed by atoms with E-state index in [0.717, 1.165) is 31.8 Å².